The summed E-state index contributed by atoms with van der Waals surface area (Å²) in [6.45, 7) is 3.38. The van der Waals surface area contributed by atoms with E-state index in [0.29, 0.717) is 49.1 Å². The molecule has 1 heterocycles. The Kier molecular flexibility index (Phi) is 8.54. The Morgan fingerprint density at radius 3 is 2.39 bits per heavy atom. The lowest BCUT2D eigenvalue weighted by atomic mass is 10.0. The molecule has 1 aliphatic rings. The van der Waals surface area contributed by atoms with Crippen LogP contribution in [-0.4, -0.2) is 60.9 Å². The highest BCUT2D eigenvalue weighted by molar-refractivity contribution is 6.30. The van der Waals surface area contributed by atoms with Gasteiger partial charge in [-0.15, -0.1) is 0 Å². The molecule has 1 aliphatic heterocycles. The van der Waals surface area contributed by atoms with E-state index in [0.717, 1.165) is 5.56 Å². The number of ether oxygens (including phenoxy) is 1. The number of rotatable bonds is 6. The van der Waals surface area contributed by atoms with Crippen molar-refractivity contribution in [1.82, 2.24) is 15.1 Å². The second-order valence-corrected chi connectivity index (χ2v) is 8.33. The molecule has 9 heteroatoms. The number of urea groups is 1. The van der Waals surface area contributed by atoms with Gasteiger partial charge in [0, 0.05) is 43.8 Å². The van der Waals surface area contributed by atoms with Gasteiger partial charge in [-0.2, -0.15) is 0 Å². The van der Waals surface area contributed by atoms with Crippen molar-refractivity contribution in [2.45, 2.75) is 25.8 Å². The summed E-state index contributed by atoms with van der Waals surface area (Å²) in [6, 6.07) is 13.6. The maximum absolute atomic E-state index is 13.1. The van der Waals surface area contributed by atoms with Crippen molar-refractivity contribution in [2.75, 3.05) is 38.6 Å². The van der Waals surface area contributed by atoms with E-state index in [1.54, 1.807) is 53.3 Å². The second-order valence-electron chi connectivity index (χ2n) is 7.89. The summed E-state index contributed by atoms with van der Waals surface area (Å²) in [7, 11) is 1.59. The third-order valence-electron chi connectivity index (χ3n) is 5.49. The van der Waals surface area contributed by atoms with Crippen LogP contribution in [0.4, 0.5) is 10.5 Å². The van der Waals surface area contributed by atoms with Crippen molar-refractivity contribution in [3.63, 3.8) is 0 Å². The van der Waals surface area contributed by atoms with Gasteiger partial charge in [-0.05, 0) is 42.3 Å². The topological polar surface area (TPSA) is 91.0 Å². The lowest BCUT2D eigenvalue weighted by Crippen LogP contribution is -2.40. The van der Waals surface area contributed by atoms with Crippen LogP contribution in [0, 0.1) is 0 Å². The highest BCUT2D eigenvalue weighted by Crippen LogP contribution is 2.22. The molecule has 0 radical (unpaired) electrons. The molecule has 0 spiro atoms. The van der Waals surface area contributed by atoms with Gasteiger partial charge in [0.15, 0.2) is 0 Å². The average Bonchev–Trinajstić information content (AvgIpc) is 3.05. The van der Waals surface area contributed by atoms with Crippen LogP contribution in [0.25, 0.3) is 0 Å². The zero-order valence-electron chi connectivity index (χ0n) is 18.8. The SMILES string of the molecule is COc1ccc(C(CC(=O)N2CCCN(C(=O)Nc3cccc(Cl)c3)CC2)NC(C)=O)cc1. The Labute approximate surface area is 198 Å². The Morgan fingerprint density at radius 1 is 1.03 bits per heavy atom. The van der Waals surface area contributed by atoms with Crippen LogP contribution in [0.1, 0.15) is 31.4 Å². The van der Waals surface area contributed by atoms with E-state index < -0.39 is 6.04 Å². The van der Waals surface area contributed by atoms with Gasteiger partial charge in [-0.1, -0.05) is 29.8 Å². The normalized spacial score (nSPS) is 14.8. The predicted octanol–water partition coefficient (Wildman–Crippen LogP) is 3.68. The first-order valence-corrected chi connectivity index (χ1v) is 11.2. The predicted molar refractivity (Wildman–Crippen MR) is 127 cm³/mol. The van der Waals surface area contributed by atoms with Gasteiger partial charge in [0.05, 0.1) is 19.6 Å². The first-order chi connectivity index (χ1) is 15.9. The molecule has 0 bridgehead atoms. The Hall–Kier alpha value is -3.26. The van der Waals surface area contributed by atoms with Crippen molar-refractivity contribution in [1.29, 1.82) is 0 Å². The van der Waals surface area contributed by atoms with Crippen molar-refractivity contribution in [3.05, 3.63) is 59.1 Å². The Morgan fingerprint density at radius 2 is 1.73 bits per heavy atom. The summed E-state index contributed by atoms with van der Waals surface area (Å²) in [4.78, 5) is 40.9. The molecule has 33 heavy (non-hydrogen) atoms. The number of carbonyl (C=O) groups excluding carboxylic acids is 3. The number of nitrogens with zero attached hydrogens (tertiary/aromatic N) is 2. The van der Waals surface area contributed by atoms with Crippen molar-refractivity contribution in [2.24, 2.45) is 0 Å². The molecule has 2 aromatic rings. The highest BCUT2D eigenvalue weighted by atomic mass is 35.5. The third-order valence-corrected chi connectivity index (χ3v) is 5.72. The quantitative estimate of drug-likeness (QED) is 0.671. The highest BCUT2D eigenvalue weighted by Gasteiger charge is 2.25. The number of nitrogens with one attached hydrogen (secondary N) is 2. The van der Waals surface area contributed by atoms with Crippen molar-refractivity contribution in [3.8, 4) is 5.75 Å². The fourth-order valence-electron chi connectivity index (χ4n) is 3.78. The smallest absolute Gasteiger partial charge is 0.321 e. The monoisotopic (exact) mass is 472 g/mol. The van der Waals surface area contributed by atoms with Gasteiger partial charge < -0.3 is 25.2 Å². The van der Waals surface area contributed by atoms with Crippen molar-refractivity contribution >= 4 is 35.1 Å². The largest absolute Gasteiger partial charge is 0.497 e. The maximum Gasteiger partial charge on any atom is 0.321 e. The Balaban J connectivity index is 1.59. The average molecular weight is 473 g/mol. The van der Waals surface area contributed by atoms with Crippen LogP contribution < -0.4 is 15.4 Å². The summed E-state index contributed by atoms with van der Waals surface area (Å²) in [6.07, 6.45) is 0.808. The van der Waals surface area contributed by atoms with Crippen LogP contribution in [0.15, 0.2) is 48.5 Å². The van der Waals surface area contributed by atoms with Gasteiger partial charge in [-0.3, -0.25) is 9.59 Å². The molecule has 0 aliphatic carbocycles. The lowest BCUT2D eigenvalue weighted by Gasteiger charge is -2.25. The summed E-state index contributed by atoms with van der Waals surface area (Å²) in [5, 5.41) is 6.26. The van der Waals surface area contributed by atoms with E-state index in [9.17, 15) is 14.4 Å². The zero-order chi connectivity index (χ0) is 23.8. The number of methoxy groups -OCH3 is 1. The molecule has 0 saturated carbocycles. The molecule has 4 amide bonds. The number of anilines is 1. The van der Waals surface area contributed by atoms with Gasteiger partial charge >= 0.3 is 6.03 Å². The fraction of sp³-hybridized carbons (Fsp3) is 0.375. The zero-order valence-corrected chi connectivity index (χ0v) is 19.6. The van der Waals surface area contributed by atoms with E-state index in [1.807, 2.05) is 12.1 Å². The van der Waals surface area contributed by atoms with Crippen LogP contribution in [0.2, 0.25) is 5.02 Å². The third kappa shape index (κ3) is 7.12. The molecule has 1 fully saturated rings. The van der Waals surface area contributed by atoms with Crippen LogP contribution in [0.5, 0.6) is 5.75 Å². The molecule has 1 saturated heterocycles. The number of hydrogen-bond donors (Lipinski definition) is 2. The molecule has 0 aromatic heterocycles. The molecule has 3 rings (SSSR count). The lowest BCUT2D eigenvalue weighted by molar-refractivity contribution is -0.131. The standard InChI is InChI=1S/C24H29ClN4O4/c1-17(30)26-22(18-7-9-21(33-2)10-8-18)16-23(31)28-11-4-12-29(14-13-28)24(32)27-20-6-3-5-19(25)15-20/h3,5-10,15,22H,4,11-14,16H2,1-2H3,(H,26,30)(H,27,32). The molecular weight excluding hydrogens is 444 g/mol. The van der Waals surface area contributed by atoms with Crippen LogP contribution in [-0.2, 0) is 9.59 Å². The number of benzene rings is 2. The van der Waals surface area contributed by atoms with Gasteiger partial charge in [0.2, 0.25) is 11.8 Å². The van der Waals surface area contributed by atoms with E-state index in [2.05, 4.69) is 10.6 Å². The Bertz CT molecular complexity index is 983. The van der Waals surface area contributed by atoms with E-state index in [1.165, 1.54) is 6.92 Å². The summed E-state index contributed by atoms with van der Waals surface area (Å²) in [5.74, 6) is 0.431. The number of carbonyl (C=O) groups is 3. The first kappa shape index (κ1) is 24.4. The molecule has 176 valence electrons. The number of halogens is 1. The summed E-state index contributed by atoms with van der Waals surface area (Å²) >= 11 is 5.98. The molecule has 2 N–H and O–H groups in total. The van der Waals surface area contributed by atoms with Gasteiger partial charge in [0.25, 0.3) is 0 Å². The number of hydrogen-bond acceptors (Lipinski definition) is 4. The number of amides is 4. The first-order valence-electron chi connectivity index (χ1n) is 10.9. The molecule has 1 atom stereocenters. The second kappa shape index (κ2) is 11.6. The molecular formula is C24H29ClN4O4. The van der Waals surface area contributed by atoms with Crippen LogP contribution >= 0.6 is 11.6 Å². The maximum atomic E-state index is 13.1. The van der Waals surface area contributed by atoms with Crippen molar-refractivity contribution < 1.29 is 19.1 Å². The summed E-state index contributed by atoms with van der Waals surface area (Å²) in [5.41, 5.74) is 1.46. The fourth-order valence-corrected chi connectivity index (χ4v) is 3.97. The minimum atomic E-state index is -0.439. The minimum absolute atomic E-state index is 0.0679. The molecule has 8 nitrogen and oxygen atoms in total. The van der Waals surface area contributed by atoms with Gasteiger partial charge in [-0.25, -0.2) is 4.79 Å². The van der Waals surface area contributed by atoms with Crippen LogP contribution in [0.3, 0.4) is 0 Å². The minimum Gasteiger partial charge on any atom is -0.497 e. The summed E-state index contributed by atoms with van der Waals surface area (Å²) < 4.78 is 5.19. The van der Waals surface area contributed by atoms with Gasteiger partial charge in [0.1, 0.15) is 5.75 Å². The van der Waals surface area contributed by atoms with E-state index in [4.69, 9.17) is 16.3 Å². The molecule has 2 aromatic carbocycles. The molecule has 1 unspecified atom stereocenters. The van der Waals surface area contributed by atoms with E-state index in [-0.39, 0.29) is 24.3 Å². The van der Waals surface area contributed by atoms with E-state index >= 15 is 0 Å².